The van der Waals surface area contributed by atoms with Gasteiger partial charge < -0.3 is 5.32 Å². The van der Waals surface area contributed by atoms with Crippen LogP contribution in [0.5, 0.6) is 0 Å². The van der Waals surface area contributed by atoms with Crippen molar-refractivity contribution in [2.75, 3.05) is 10.0 Å². The maximum Gasteiger partial charge on any atom is 0.263 e. The van der Waals surface area contributed by atoms with Crippen LogP contribution in [0.2, 0.25) is 0 Å². The Labute approximate surface area is 165 Å². The minimum Gasteiger partial charge on any atom is -0.337 e. The SMILES string of the molecule is O=S(=O)(Nc1nc2ccccc2nc1Nc1ccc(F)cc1)c1ccc(F)cc1. The summed E-state index contributed by atoms with van der Waals surface area (Å²) in [7, 11) is -4.04. The number of hydrogen-bond acceptors (Lipinski definition) is 5. The van der Waals surface area contributed by atoms with Gasteiger partial charge in [-0.2, -0.15) is 0 Å². The molecule has 6 nitrogen and oxygen atoms in total. The lowest BCUT2D eigenvalue weighted by Gasteiger charge is -2.14. The van der Waals surface area contributed by atoms with E-state index < -0.39 is 21.7 Å². The van der Waals surface area contributed by atoms with Crippen LogP contribution in [0.25, 0.3) is 11.0 Å². The standard InChI is InChI=1S/C20H14F2N4O2S/c21-13-5-9-15(10-6-13)23-19-20(25-18-4-2-1-3-17(18)24-19)26-29(27,28)16-11-7-14(22)8-12-16/h1-12H,(H,23,24)(H,25,26). The largest absolute Gasteiger partial charge is 0.337 e. The second kappa shape index (κ2) is 7.44. The van der Waals surface area contributed by atoms with Crippen molar-refractivity contribution in [3.63, 3.8) is 0 Å². The van der Waals surface area contributed by atoms with Gasteiger partial charge in [-0.25, -0.2) is 27.2 Å². The molecule has 0 bridgehead atoms. The monoisotopic (exact) mass is 412 g/mol. The van der Waals surface area contributed by atoms with Crippen molar-refractivity contribution >= 4 is 38.4 Å². The third-order valence-corrected chi connectivity index (χ3v) is 5.39. The second-order valence-corrected chi connectivity index (χ2v) is 7.78. The minimum atomic E-state index is -4.04. The third kappa shape index (κ3) is 4.14. The zero-order chi connectivity index (χ0) is 20.4. The Morgan fingerprint density at radius 3 is 1.79 bits per heavy atom. The van der Waals surface area contributed by atoms with Crippen molar-refractivity contribution in [1.29, 1.82) is 0 Å². The summed E-state index contributed by atoms with van der Waals surface area (Å²) in [4.78, 5) is 8.66. The van der Waals surface area contributed by atoms with Gasteiger partial charge in [0.05, 0.1) is 15.9 Å². The predicted molar refractivity (Wildman–Crippen MR) is 106 cm³/mol. The highest BCUT2D eigenvalue weighted by molar-refractivity contribution is 7.92. The predicted octanol–water partition coefficient (Wildman–Crippen LogP) is 4.45. The molecule has 3 aromatic carbocycles. The molecule has 0 saturated carbocycles. The quantitative estimate of drug-likeness (QED) is 0.506. The van der Waals surface area contributed by atoms with Crippen LogP contribution in [0.4, 0.5) is 26.1 Å². The first-order valence-corrected chi connectivity index (χ1v) is 9.97. The summed E-state index contributed by atoms with van der Waals surface area (Å²) in [5, 5.41) is 2.95. The molecular formula is C20H14F2N4O2S. The average Bonchev–Trinajstić information content (AvgIpc) is 2.70. The zero-order valence-electron chi connectivity index (χ0n) is 14.8. The van der Waals surface area contributed by atoms with E-state index in [4.69, 9.17) is 0 Å². The number of nitrogens with one attached hydrogen (secondary N) is 2. The van der Waals surface area contributed by atoms with Gasteiger partial charge >= 0.3 is 0 Å². The molecule has 0 aliphatic carbocycles. The molecule has 4 aromatic rings. The normalized spacial score (nSPS) is 11.4. The first-order valence-electron chi connectivity index (χ1n) is 8.48. The van der Waals surface area contributed by atoms with Crippen LogP contribution in [-0.4, -0.2) is 18.4 Å². The van der Waals surface area contributed by atoms with E-state index >= 15 is 0 Å². The summed E-state index contributed by atoms with van der Waals surface area (Å²) in [6.45, 7) is 0. The van der Waals surface area contributed by atoms with Gasteiger partial charge in [-0.3, -0.25) is 4.72 Å². The van der Waals surface area contributed by atoms with Crippen LogP contribution in [0.15, 0.2) is 77.7 Å². The maximum atomic E-state index is 13.2. The van der Waals surface area contributed by atoms with Crippen LogP contribution in [0, 0.1) is 11.6 Å². The number of anilines is 3. The Bertz CT molecular complexity index is 1280. The molecular weight excluding hydrogens is 398 g/mol. The van der Waals surface area contributed by atoms with E-state index in [2.05, 4.69) is 20.0 Å². The van der Waals surface area contributed by atoms with Gasteiger partial charge in [0.25, 0.3) is 10.0 Å². The van der Waals surface area contributed by atoms with Gasteiger partial charge in [0.1, 0.15) is 11.6 Å². The van der Waals surface area contributed by atoms with Crippen LogP contribution in [0.3, 0.4) is 0 Å². The Balaban J connectivity index is 1.77. The van der Waals surface area contributed by atoms with Crippen LogP contribution in [0.1, 0.15) is 0 Å². The van der Waals surface area contributed by atoms with Crippen molar-refractivity contribution in [2.24, 2.45) is 0 Å². The lowest BCUT2D eigenvalue weighted by atomic mass is 10.3. The molecule has 0 aliphatic rings. The topological polar surface area (TPSA) is 84.0 Å². The Morgan fingerprint density at radius 2 is 1.21 bits per heavy atom. The van der Waals surface area contributed by atoms with Crippen molar-refractivity contribution in [2.45, 2.75) is 4.90 Å². The highest BCUT2D eigenvalue weighted by Crippen LogP contribution is 2.27. The van der Waals surface area contributed by atoms with Gasteiger partial charge in [-0.1, -0.05) is 12.1 Å². The lowest BCUT2D eigenvalue weighted by Crippen LogP contribution is -2.16. The molecule has 0 spiro atoms. The molecule has 9 heteroatoms. The Hall–Kier alpha value is -3.59. The number of nitrogens with zero attached hydrogens (tertiary/aromatic N) is 2. The third-order valence-electron chi connectivity index (χ3n) is 4.03. The molecule has 0 fully saturated rings. The molecule has 1 heterocycles. The lowest BCUT2D eigenvalue weighted by molar-refractivity contribution is 0.599. The Kier molecular flexibility index (Phi) is 4.81. The molecule has 146 valence electrons. The molecule has 0 saturated heterocycles. The summed E-state index contributed by atoms with van der Waals surface area (Å²) in [5.41, 5.74) is 1.52. The van der Waals surface area contributed by atoms with Crippen LogP contribution in [-0.2, 0) is 10.0 Å². The minimum absolute atomic E-state index is 0.0441. The fraction of sp³-hybridized carbons (Fsp3) is 0. The van der Waals surface area contributed by atoms with E-state index in [1.165, 1.54) is 24.3 Å². The van der Waals surface area contributed by atoms with E-state index in [0.717, 1.165) is 24.3 Å². The second-order valence-electron chi connectivity index (χ2n) is 6.10. The van der Waals surface area contributed by atoms with Crippen molar-refractivity contribution in [3.8, 4) is 0 Å². The smallest absolute Gasteiger partial charge is 0.263 e. The summed E-state index contributed by atoms with van der Waals surface area (Å²) in [6.07, 6.45) is 0. The summed E-state index contributed by atoms with van der Waals surface area (Å²) in [5.74, 6) is -0.858. The van der Waals surface area contributed by atoms with Crippen LogP contribution >= 0.6 is 0 Å². The number of aromatic nitrogens is 2. The van der Waals surface area contributed by atoms with Gasteiger partial charge in [0.15, 0.2) is 11.6 Å². The van der Waals surface area contributed by atoms with E-state index in [-0.39, 0.29) is 16.5 Å². The molecule has 0 aliphatic heterocycles. The van der Waals surface area contributed by atoms with E-state index in [9.17, 15) is 17.2 Å². The number of fused-ring (bicyclic) bond motifs is 1. The first kappa shape index (κ1) is 18.8. The molecule has 1 aromatic heterocycles. The number of hydrogen-bond donors (Lipinski definition) is 2. The number of para-hydroxylation sites is 2. The van der Waals surface area contributed by atoms with Gasteiger partial charge in [0.2, 0.25) is 0 Å². The highest BCUT2D eigenvalue weighted by atomic mass is 32.2. The van der Waals surface area contributed by atoms with E-state index in [0.29, 0.717) is 16.7 Å². The van der Waals surface area contributed by atoms with E-state index in [1.807, 2.05) is 0 Å². The molecule has 29 heavy (non-hydrogen) atoms. The van der Waals surface area contributed by atoms with E-state index in [1.54, 1.807) is 24.3 Å². The molecule has 0 unspecified atom stereocenters. The average molecular weight is 412 g/mol. The molecule has 0 amide bonds. The molecule has 4 rings (SSSR count). The molecule has 2 N–H and O–H groups in total. The highest BCUT2D eigenvalue weighted by Gasteiger charge is 2.19. The van der Waals surface area contributed by atoms with Crippen molar-refractivity contribution in [3.05, 3.63) is 84.4 Å². The number of rotatable bonds is 5. The Morgan fingerprint density at radius 1 is 0.690 bits per heavy atom. The van der Waals surface area contributed by atoms with Gasteiger partial charge in [0, 0.05) is 5.69 Å². The van der Waals surface area contributed by atoms with Crippen molar-refractivity contribution in [1.82, 2.24) is 9.97 Å². The first-order chi connectivity index (χ1) is 13.9. The number of halogens is 2. The summed E-state index contributed by atoms with van der Waals surface area (Å²) in [6, 6.07) is 16.9. The molecule has 0 atom stereocenters. The maximum absolute atomic E-state index is 13.2. The van der Waals surface area contributed by atoms with Crippen LogP contribution < -0.4 is 10.0 Å². The van der Waals surface area contributed by atoms with Crippen molar-refractivity contribution < 1.29 is 17.2 Å². The summed E-state index contributed by atoms with van der Waals surface area (Å²) < 4.78 is 54.1. The fourth-order valence-electron chi connectivity index (χ4n) is 2.63. The summed E-state index contributed by atoms with van der Waals surface area (Å²) >= 11 is 0. The van der Waals surface area contributed by atoms with Gasteiger partial charge in [-0.05, 0) is 60.7 Å². The molecule has 0 radical (unpaired) electrons. The van der Waals surface area contributed by atoms with Gasteiger partial charge in [-0.15, -0.1) is 0 Å². The number of sulfonamides is 1. The number of benzene rings is 3. The fourth-order valence-corrected chi connectivity index (χ4v) is 3.64. The zero-order valence-corrected chi connectivity index (χ0v) is 15.6.